The Morgan fingerprint density at radius 2 is 2.00 bits per heavy atom. The van der Waals surface area contributed by atoms with Crippen molar-refractivity contribution in [3.63, 3.8) is 0 Å². The first-order chi connectivity index (χ1) is 9.63. The summed E-state index contributed by atoms with van der Waals surface area (Å²) < 4.78 is 13.3. The van der Waals surface area contributed by atoms with Crippen LogP contribution in [0.3, 0.4) is 0 Å². The first-order valence-electron chi connectivity index (χ1n) is 6.64. The Kier molecular flexibility index (Phi) is 4.37. The fourth-order valence-electron chi connectivity index (χ4n) is 2.21. The summed E-state index contributed by atoms with van der Waals surface area (Å²) in [6, 6.07) is 14.4. The summed E-state index contributed by atoms with van der Waals surface area (Å²) in [6.45, 7) is 5.54. The van der Waals surface area contributed by atoms with Gasteiger partial charge in [-0.1, -0.05) is 12.1 Å². The highest BCUT2D eigenvalue weighted by atomic mass is 19.1. The molecule has 0 saturated carbocycles. The third-order valence-electron chi connectivity index (χ3n) is 3.39. The molecule has 0 amide bonds. The molecule has 0 aliphatic rings. The molecule has 102 valence electrons. The molecule has 0 atom stereocenters. The maximum absolute atomic E-state index is 13.3. The monoisotopic (exact) mass is 268 g/mol. The molecular formula is C17H17FN2. The number of hydrogen-bond acceptors (Lipinski definition) is 2. The van der Waals surface area contributed by atoms with E-state index in [-0.39, 0.29) is 5.82 Å². The summed E-state index contributed by atoms with van der Waals surface area (Å²) >= 11 is 0. The van der Waals surface area contributed by atoms with Gasteiger partial charge in [-0.15, -0.1) is 0 Å². The van der Waals surface area contributed by atoms with E-state index in [1.807, 2.05) is 38.1 Å². The van der Waals surface area contributed by atoms with Crippen LogP contribution in [-0.4, -0.2) is 6.54 Å². The number of benzene rings is 2. The maximum atomic E-state index is 13.3. The number of nitriles is 1. The van der Waals surface area contributed by atoms with E-state index in [0.717, 1.165) is 23.4 Å². The van der Waals surface area contributed by atoms with Gasteiger partial charge in [0, 0.05) is 18.8 Å². The Labute approximate surface area is 119 Å². The predicted octanol–water partition coefficient (Wildman–Crippen LogP) is 4.03. The predicted molar refractivity (Wildman–Crippen MR) is 79.0 cm³/mol. The number of halogens is 1. The average molecular weight is 268 g/mol. The third-order valence-corrected chi connectivity index (χ3v) is 3.39. The van der Waals surface area contributed by atoms with Crippen molar-refractivity contribution in [2.75, 3.05) is 11.4 Å². The van der Waals surface area contributed by atoms with Gasteiger partial charge in [0.05, 0.1) is 11.6 Å². The van der Waals surface area contributed by atoms with Gasteiger partial charge in [0.2, 0.25) is 0 Å². The van der Waals surface area contributed by atoms with Crippen LogP contribution in [0.5, 0.6) is 0 Å². The second-order valence-corrected chi connectivity index (χ2v) is 4.75. The van der Waals surface area contributed by atoms with E-state index in [4.69, 9.17) is 5.26 Å². The second-order valence-electron chi connectivity index (χ2n) is 4.75. The lowest BCUT2D eigenvalue weighted by Crippen LogP contribution is -2.22. The molecule has 0 saturated heterocycles. The minimum absolute atomic E-state index is 0.225. The van der Waals surface area contributed by atoms with Gasteiger partial charge in [0.1, 0.15) is 5.82 Å². The van der Waals surface area contributed by atoms with E-state index in [9.17, 15) is 4.39 Å². The van der Waals surface area contributed by atoms with Gasteiger partial charge < -0.3 is 4.90 Å². The number of hydrogen-bond donors (Lipinski definition) is 0. The topological polar surface area (TPSA) is 27.0 Å². The van der Waals surface area contributed by atoms with Crippen LogP contribution in [0.15, 0.2) is 42.5 Å². The van der Waals surface area contributed by atoms with Gasteiger partial charge in [0.15, 0.2) is 0 Å². The van der Waals surface area contributed by atoms with Crippen molar-refractivity contribution in [3.8, 4) is 6.07 Å². The van der Waals surface area contributed by atoms with Crippen molar-refractivity contribution in [2.45, 2.75) is 20.4 Å². The number of anilines is 1. The minimum Gasteiger partial charge on any atom is -0.367 e. The molecule has 0 bridgehead atoms. The molecule has 0 fully saturated rings. The lowest BCUT2D eigenvalue weighted by atomic mass is 10.0. The summed E-state index contributed by atoms with van der Waals surface area (Å²) in [5.41, 5.74) is 3.77. The van der Waals surface area contributed by atoms with Gasteiger partial charge in [-0.2, -0.15) is 5.26 Å². The Morgan fingerprint density at radius 1 is 1.20 bits per heavy atom. The van der Waals surface area contributed by atoms with E-state index in [1.165, 1.54) is 6.07 Å². The fraction of sp³-hybridized carbons (Fsp3) is 0.235. The Bertz CT molecular complexity index is 644. The number of aryl methyl sites for hydroxylation is 1. The molecule has 2 aromatic carbocycles. The molecule has 2 aromatic rings. The zero-order valence-corrected chi connectivity index (χ0v) is 11.7. The summed E-state index contributed by atoms with van der Waals surface area (Å²) in [6.07, 6.45) is 0. The zero-order valence-electron chi connectivity index (χ0n) is 11.7. The van der Waals surface area contributed by atoms with E-state index in [2.05, 4.69) is 11.0 Å². The third kappa shape index (κ3) is 3.16. The van der Waals surface area contributed by atoms with Gasteiger partial charge in [-0.05, 0) is 55.3 Å². The van der Waals surface area contributed by atoms with E-state index in [1.54, 1.807) is 12.1 Å². The van der Waals surface area contributed by atoms with Crippen LogP contribution >= 0.6 is 0 Å². The number of nitrogens with zero attached hydrogens (tertiary/aromatic N) is 2. The van der Waals surface area contributed by atoms with Crippen LogP contribution in [0.4, 0.5) is 10.1 Å². The lowest BCUT2D eigenvalue weighted by molar-refractivity contribution is 0.626. The maximum Gasteiger partial charge on any atom is 0.125 e. The second kappa shape index (κ2) is 6.21. The molecule has 0 aliphatic carbocycles. The Hall–Kier alpha value is -2.34. The molecule has 2 nitrogen and oxygen atoms in total. The van der Waals surface area contributed by atoms with Gasteiger partial charge in [0.25, 0.3) is 0 Å². The van der Waals surface area contributed by atoms with Crippen molar-refractivity contribution in [1.29, 1.82) is 5.26 Å². The minimum atomic E-state index is -0.225. The molecule has 0 aromatic heterocycles. The molecule has 20 heavy (non-hydrogen) atoms. The van der Waals surface area contributed by atoms with Gasteiger partial charge in [-0.3, -0.25) is 0 Å². The molecule has 3 heteroatoms. The van der Waals surface area contributed by atoms with Crippen molar-refractivity contribution in [1.82, 2.24) is 0 Å². The average Bonchev–Trinajstić information content (AvgIpc) is 2.46. The highest BCUT2D eigenvalue weighted by Gasteiger charge is 2.08. The first kappa shape index (κ1) is 14.1. The van der Waals surface area contributed by atoms with Crippen molar-refractivity contribution >= 4 is 5.69 Å². The highest BCUT2D eigenvalue weighted by molar-refractivity contribution is 5.48. The first-order valence-corrected chi connectivity index (χ1v) is 6.64. The molecule has 0 unspecified atom stereocenters. The number of rotatable bonds is 4. The SMILES string of the molecule is CCN(Cc1ccc(C#N)cc1C)c1cccc(F)c1. The van der Waals surface area contributed by atoms with E-state index >= 15 is 0 Å². The highest BCUT2D eigenvalue weighted by Crippen LogP contribution is 2.20. The van der Waals surface area contributed by atoms with Gasteiger partial charge >= 0.3 is 0 Å². The van der Waals surface area contributed by atoms with Crippen LogP contribution in [0.1, 0.15) is 23.6 Å². The summed E-state index contributed by atoms with van der Waals surface area (Å²) in [5.74, 6) is -0.225. The quantitative estimate of drug-likeness (QED) is 0.837. The normalized spacial score (nSPS) is 10.1. The zero-order chi connectivity index (χ0) is 14.5. The van der Waals surface area contributed by atoms with Crippen LogP contribution < -0.4 is 4.90 Å². The summed E-state index contributed by atoms with van der Waals surface area (Å²) in [5, 5.41) is 8.89. The molecule has 0 aliphatic heterocycles. The fourth-order valence-corrected chi connectivity index (χ4v) is 2.21. The van der Waals surface area contributed by atoms with Crippen LogP contribution in [0.2, 0.25) is 0 Å². The largest absolute Gasteiger partial charge is 0.367 e. The van der Waals surface area contributed by atoms with Crippen molar-refractivity contribution in [3.05, 3.63) is 65.0 Å². The summed E-state index contributed by atoms with van der Waals surface area (Å²) in [4.78, 5) is 2.11. The Morgan fingerprint density at radius 3 is 2.60 bits per heavy atom. The van der Waals surface area contributed by atoms with E-state index < -0.39 is 0 Å². The summed E-state index contributed by atoms with van der Waals surface area (Å²) in [7, 11) is 0. The lowest BCUT2D eigenvalue weighted by Gasteiger charge is -2.24. The molecule has 0 spiro atoms. The van der Waals surface area contributed by atoms with Crippen LogP contribution in [-0.2, 0) is 6.54 Å². The molecule has 0 radical (unpaired) electrons. The smallest absolute Gasteiger partial charge is 0.125 e. The molecular weight excluding hydrogens is 251 g/mol. The molecule has 0 N–H and O–H groups in total. The Balaban J connectivity index is 2.25. The molecule has 2 rings (SSSR count). The van der Waals surface area contributed by atoms with Crippen molar-refractivity contribution < 1.29 is 4.39 Å². The molecule has 0 heterocycles. The van der Waals surface area contributed by atoms with Crippen LogP contribution in [0.25, 0.3) is 0 Å². The van der Waals surface area contributed by atoms with Crippen LogP contribution in [0, 0.1) is 24.1 Å². The standard InChI is InChI=1S/C17H17FN2/c1-3-20(17-6-4-5-16(18)10-17)12-15-8-7-14(11-19)9-13(15)2/h4-10H,3,12H2,1-2H3. The van der Waals surface area contributed by atoms with Crippen molar-refractivity contribution in [2.24, 2.45) is 0 Å². The van der Waals surface area contributed by atoms with Gasteiger partial charge in [-0.25, -0.2) is 4.39 Å². The van der Waals surface area contributed by atoms with E-state index in [0.29, 0.717) is 12.1 Å².